The van der Waals surface area contributed by atoms with Crippen molar-refractivity contribution in [3.63, 3.8) is 0 Å². The number of amides is 3. The highest BCUT2D eigenvalue weighted by atomic mass is 16.5. The maximum Gasteiger partial charge on any atom is 0.308 e. The summed E-state index contributed by atoms with van der Waals surface area (Å²) in [5.41, 5.74) is 1.37. The number of carbonyl (C=O) groups is 4. The molecule has 9 heteroatoms. The van der Waals surface area contributed by atoms with Crippen molar-refractivity contribution < 1.29 is 28.7 Å². The van der Waals surface area contributed by atoms with Gasteiger partial charge in [0.25, 0.3) is 11.8 Å². The van der Waals surface area contributed by atoms with Crippen LogP contribution in [-0.2, 0) is 20.9 Å². The van der Waals surface area contributed by atoms with E-state index in [1.54, 1.807) is 48.8 Å². The molecule has 2 aromatic carbocycles. The molecule has 1 unspecified atom stereocenters. The van der Waals surface area contributed by atoms with Gasteiger partial charge in [0, 0.05) is 31.4 Å². The average Bonchev–Trinajstić information content (AvgIpc) is 3.16. The second kappa shape index (κ2) is 10.2. The lowest BCUT2D eigenvalue weighted by molar-refractivity contribution is -0.132. The van der Waals surface area contributed by atoms with Gasteiger partial charge in [0.2, 0.25) is 5.91 Å². The quantitative estimate of drug-likeness (QED) is 0.295. The summed E-state index contributed by atoms with van der Waals surface area (Å²) in [6.07, 6.45) is 3.06. The van der Waals surface area contributed by atoms with Gasteiger partial charge in [-0.2, -0.15) is 0 Å². The van der Waals surface area contributed by atoms with Crippen LogP contribution in [0.25, 0.3) is 0 Å². The lowest BCUT2D eigenvalue weighted by atomic mass is 10.1. The Morgan fingerprint density at radius 2 is 1.83 bits per heavy atom. The van der Waals surface area contributed by atoms with Crippen LogP contribution >= 0.6 is 0 Å². The van der Waals surface area contributed by atoms with Gasteiger partial charge in [0.1, 0.15) is 17.5 Å². The molecule has 1 aliphatic heterocycles. The maximum absolute atomic E-state index is 13.6. The topological polar surface area (TPSA) is 106 Å². The van der Waals surface area contributed by atoms with Gasteiger partial charge in [0.15, 0.2) is 0 Å². The van der Waals surface area contributed by atoms with E-state index in [4.69, 9.17) is 9.47 Å². The Morgan fingerprint density at radius 1 is 1.06 bits per heavy atom. The van der Waals surface area contributed by atoms with Crippen LogP contribution in [0.1, 0.15) is 29.3 Å². The van der Waals surface area contributed by atoms with Crippen LogP contribution in [0.3, 0.4) is 0 Å². The summed E-state index contributed by atoms with van der Waals surface area (Å²) in [7, 11) is 1.50. The molecule has 9 nitrogen and oxygen atoms in total. The molecule has 4 rings (SSSR count). The Kier molecular flexibility index (Phi) is 6.86. The van der Waals surface area contributed by atoms with Crippen molar-refractivity contribution in [3.05, 3.63) is 84.2 Å². The number of rotatable bonds is 7. The van der Waals surface area contributed by atoms with Crippen LogP contribution in [0.4, 0.5) is 5.69 Å². The summed E-state index contributed by atoms with van der Waals surface area (Å²) in [6, 6.07) is 15.2. The van der Waals surface area contributed by atoms with Crippen LogP contribution in [-0.4, -0.2) is 46.7 Å². The molecule has 178 valence electrons. The van der Waals surface area contributed by atoms with E-state index in [9.17, 15) is 19.2 Å². The van der Waals surface area contributed by atoms with Crippen LogP contribution in [0.15, 0.2) is 73.1 Å². The SMILES string of the molecule is COc1cccc(C(=O)N(Cc2cccnc2)C2CC(=O)N(c3ccc(OC(C)=O)cc3)C2=O)c1. The summed E-state index contributed by atoms with van der Waals surface area (Å²) >= 11 is 0. The van der Waals surface area contributed by atoms with Gasteiger partial charge in [-0.3, -0.25) is 24.2 Å². The van der Waals surface area contributed by atoms with E-state index in [1.807, 2.05) is 0 Å². The fraction of sp³-hybridized carbons (Fsp3) is 0.192. The molecule has 3 aromatic rings. The lowest BCUT2D eigenvalue weighted by Crippen LogP contribution is -2.45. The molecular formula is C26H23N3O6. The van der Waals surface area contributed by atoms with Crippen molar-refractivity contribution in [1.29, 1.82) is 0 Å². The minimum absolute atomic E-state index is 0.0901. The van der Waals surface area contributed by atoms with Gasteiger partial charge in [-0.25, -0.2) is 4.90 Å². The fourth-order valence-electron chi connectivity index (χ4n) is 3.89. The molecule has 1 aromatic heterocycles. The Labute approximate surface area is 201 Å². The number of aromatic nitrogens is 1. The van der Waals surface area contributed by atoms with Gasteiger partial charge < -0.3 is 14.4 Å². The normalized spacial score (nSPS) is 15.1. The number of hydrogen-bond acceptors (Lipinski definition) is 7. The first kappa shape index (κ1) is 23.6. The number of nitrogens with zero attached hydrogens (tertiary/aromatic N) is 3. The van der Waals surface area contributed by atoms with Crippen LogP contribution in [0.5, 0.6) is 11.5 Å². The first-order chi connectivity index (χ1) is 16.9. The number of pyridine rings is 1. The van der Waals surface area contributed by atoms with E-state index in [0.29, 0.717) is 28.3 Å². The molecular weight excluding hydrogens is 450 g/mol. The summed E-state index contributed by atoms with van der Waals surface area (Å²) in [4.78, 5) is 57.6. The third-order valence-corrected chi connectivity index (χ3v) is 5.51. The summed E-state index contributed by atoms with van der Waals surface area (Å²) in [6.45, 7) is 1.37. The Morgan fingerprint density at radius 3 is 2.49 bits per heavy atom. The molecule has 0 bridgehead atoms. The average molecular weight is 473 g/mol. The molecule has 0 aliphatic carbocycles. The zero-order valence-corrected chi connectivity index (χ0v) is 19.2. The predicted octanol–water partition coefficient (Wildman–Crippen LogP) is 2.99. The van der Waals surface area contributed by atoms with Crippen molar-refractivity contribution >= 4 is 29.4 Å². The monoisotopic (exact) mass is 473 g/mol. The highest BCUT2D eigenvalue weighted by molar-refractivity contribution is 6.23. The van der Waals surface area contributed by atoms with Crippen LogP contribution in [0, 0.1) is 0 Å². The smallest absolute Gasteiger partial charge is 0.308 e. The standard InChI is InChI=1S/C26H23N3O6/c1-17(30)35-21-10-8-20(9-11-21)29-24(31)14-23(26(29)33)28(16-18-5-4-12-27-15-18)25(32)19-6-3-7-22(13-19)34-2/h3-13,15,23H,14,16H2,1-2H3. The zero-order valence-electron chi connectivity index (χ0n) is 19.2. The molecule has 1 atom stereocenters. The first-order valence-electron chi connectivity index (χ1n) is 10.9. The zero-order chi connectivity index (χ0) is 24.9. The maximum atomic E-state index is 13.6. The first-order valence-corrected chi connectivity index (χ1v) is 10.9. The van der Waals surface area contributed by atoms with Crippen molar-refractivity contribution in [1.82, 2.24) is 9.88 Å². The summed E-state index contributed by atoms with van der Waals surface area (Å²) in [5, 5.41) is 0. The second-order valence-corrected chi connectivity index (χ2v) is 7.90. The van der Waals surface area contributed by atoms with Gasteiger partial charge in [-0.05, 0) is 54.1 Å². The predicted molar refractivity (Wildman–Crippen MR) is 126 cm³/mol. The minimum Gasteiger partial charge on any atom is -0.497 e. The number of benzene rings is 2. The second-order valence-electron chi connectivity index (χ2n) is 7.90. The Hall–Kier alpha value is -4.53. The number of ether oxygens (including phenoxy) is 2. The van der Waals surface area contributed by atoms with E-state index in [0.717, 1.165) is 4.90 Å². The van der Waals surface area contributed by atoms with Crippen LogP contribution in [0.2, 0.25) is 0 Å². The Balaban J connectivity index is 1.65. The fourth-order valence-corrected chi connectivity index (χ4v) is 3.89. The number of carbonyl (C=O) groups excluding carboxylic acids is 4. The van der Waals surface area contributed by atoms with E-state index in [1.165, 1.54) is 43.2 Å². The number of hydrogen-bond donors (Lipinski definition) is 0. The lowest BCUT2D eigenvalue weighted by Gasteiger charge is -2.28. The number of anilines is 1. The van der Waals surface area contributed by atoms with Crippen LogP contribution < -0.4 is 14.4 Å². The molecule has 0 N–H and O–H groups in total. The number of methoxy groups -OCH3 is 1. The molecule has 0 saturated carbocycles. The van der Waals surface area contributed by atoms with Gasteiger partial charge >= 0.3 is 5.97 Å². The van der Waals surface area contributed by atoms with Crippen molar-refractivity contribution in [2.24, 2.45) is 0 Å². The molecule has 3 amide bonds. The van der Waals surface area contributed by atoms with Gasteiger partial charge in [0.05, 0.1) is 19.2 Å². The number of esters is 1. The summed E-state index contributed by atoms with van der Waals surface area (Å²) < 4.78 is 10.2. The van der Waals surface area contributed by atoms with Gasteiger partial charge in [-0.1, -0.05) is 12.1 Å². The molecule has 1 aliphatic rings. The van der Waals surface area contributed by atoms with Gasteiger partial charge in [-0.15, -0.1) is 0 Å². The highest BCUT2D eigenvalue weighted by Gasteiger charge is 2.44. The van der Waals surface area contributed by atoms with E-state index in [2.05, 4.69) is 4.98 Å². The highest BCUT2D eigenvalue weighted by Crippen LogP contribution is 2.29. The third-order valence-electron chi connectivity index (χ3n) is 5.51. The van der Waals surface area contributed by atoms with E-state index in [-0.39, 0.29) is 13.0 Å². The number of imide groups is 1. The molecule has 1 saturated heterocycles. The van der Waals surface area contributed by atoms with Crippen molar-refractivity contribution in [2.75, 3.05) is 12.0 Å². The molecule has 0 spiro atoms. The molecule has 1 fully saturated rings. The minimum atomic E-state index is -1.01. The summed E-state index contributed by atoms with van der Waals surface area (Å²) in [5.74, 6) is -1.05. The van der Waals surface area contributed by atoms with E-state index >= 15 is 0 Å². The van der Waals surface area contributed by atoms with Crippen molar-refractivity contribution in [2.45, 2.75) is 25.9 Å². The van der Waals surface area contributed by atoms with E-state index < -0.39 is 29.7 Å². The molecule has 2 heterocycles. The Bertz CT molecular complexity index is 1260. The largest absolute Gasteiger partial charge is 0.497 e. The molecule has 35 heavy (non-hydrogen) atoms. The molecule has 0 radical (unpaired) electrons. The third kappa shape index (κ3) is 5.19. The van der Waals surface area contributed by atoms with Crippen molar-refractivity contribution in [3.8, 4) is 11.5 Å².